The highest BCUT2D eigenvalue weighted by Gasteiger charge is 2.48. The summed E-state index contributed by atoms with van der Waals surface area (Å²) in [6.07, 6.45) is 9.93. The summed E-state index contributed by atoms with van der Waals surface area (Å²) in [5.74, 6) is 0.496. The van der Waals surface area contributed by atoms with Crippen molar-refractivity contribution in [2.24, 2.45) is 11.8 Å². The van der Waals surface area contributed by atoms with Crippen molar-refractivity contribution in [3.63, 3.8) is 0 Å². The minimum absolute atomic E-state index is 0.0834. The molecular weight excluding hydrogens is 392 g/mol. The summed E-state index contributed by atoms with van der Waals surface area (Å²) in [5, 5.41) is 0. The van der Waals surface area contributed by atoms with Crippen LogP contribution in [0.25, 0.3) is 0 Å². The number of hydrogen-bond donors (Lipinski definition) is 0. The molecule has 0 spiro atoms. The fourth-order valence-corrected chi connectivity index (χ4v) is 7.65. The Morgan fingerprint density at radius 3 is 1.29 bits per heavy atom. The van der Waals surface area contributed by atoms with Gasteiger partial charge >= 0.3 is 11.9 Å². The van der Waals surface area contributed by atoms with Crippen molar-refractivity contribution in [3.05, 3.63) is 0 Å². The van der Waals surface area contributed by atoms with E-state index < -0.39 is 9.49 Å². The van der Waals surface area contributed by atoms with Crippen LogP contribution in [0.15, 0.2) is 0 Å². The Balaban J connectivity index is 2.10. The van der Waals surface area contributed by atoms with Gasteiger partial charge in [0.1, 0.15) is 9.49 Å². The molecule has 0 atom stereocenters. The Labute approximate surface area is 179 Å². The molecular formula is C22H38O4S2. The Morgan fingerprint density at radius 2 is 1.00 bits per heavy atom. The van der Waals surface area contributed by atoms with Gasteiger partial charge in [-0.2, -0.15) is 0 Å². The molecule has 2 rings (SSSR count). The van der Waals surface area contributed by atoms with Crippen LogP contribution in [-0.2, 0) is 19.1 Å². The Kier molecular flexibility index (Phi) is 9.52. The van der Waals surface area contributed by atoms with Crippen LogP contribution in [0.3, 0.4) is 0 Å². The van der Waals surface area contributed by atoms with Crippen molar-refractivity contribution in [2.75, 3.05) is 13.2 Å². The average molecular weight is 431 g/mol. The van der Waals surface area contributed by atoms with E-state index in [0.29, 0.717) is 25.0 Å². The highest BCUT2D eigenvalue weighted by molar-refractivity contribution is 8.78. The monoisotopic (exact) mass is 430 g/mol. The fraction of sp³-hybridized carbons (Fsp3) is 0.909. The minimum atomic E-state index is -0.513. The maximum atomic E-state index is 13.0. The Bertz CT molecular complexity index is 461. The van der Waals surface area contributed by atoms with E-state index in [-0.39, 0.29) is 11.9 Å². The zero-order valence-electron chi connectivity index (χ0n) is 18.1. The van der Waals surface area contributed by atoms with E-state index in [0.717, 1.165) is 51.4 Å². The molecule has 2 saturated carbocycles. The number of rotatable bonds is 9. The van der Waals surface area contributed by atoms with Crippen LogP contribution in [0, 0.1) is 11.8 Å². The number of hydrogen-bond acceptors (Lipinski definition) is 6. The number of carbonyl (C=O) groups excluding carboxylic acids is 2. The van der Waals surface area contributed by atoms with Crippen LogP contribution in [0.1, 0.15) is 91.9 Å². The molecule has 0 heterocycles. The summed E-state index contributed by atoms with van der Waals surface area (Å²) in [4.78, 5) is 26.0. The second-order valence-corrected chi connectivity index (χ2v) is 12.2. The second kappa shape index (κ2) is 11.1. The van der Waals surface area contributed by atoms with Crippen molar-refractivity contribution >= 4 is 33.5 Å². The summed E-state index contributed by atoms with van der Waals surface area (Å²) < 4.78 is 10.3. The van der Waals surface area contributed by atoms with Gasteiger partial charge in [-0.3, -0.25) is 9.59 Å². The van der Waals surface area contributed by atoms with Crippen LogP contribution >= 0.6 is 21.6 Å². The molecule has 0 saturated heterocycles. The van der Waals surface area contributed by atoms with Gasteiger partial charge in [0.2, 0.25) is 0 Å². The largest absolute Gasteiger partial charge is 0.464 e. The van der Waals surface area contributed by atoms with Crippen LogP contribution in [0.2, 0.25) is 0 Å². The minimum Gasteiger partial charge on any atom is -0.464 e. The maximum Gasteiger partial charge on any atom is 0.323 e. The van der Waals surface area contributed by atoms with Gasteiger partial charge < -0.3 is 9.47 Å². The Hall–Kier alpha value is -0.360. The highest BCUT2D eigenvalue weighted by atomic mass is 33.1. The van der Waals surface area contributed by atoms with Crippen LogP contribution in [-0.4, -0.2) is 34.6 Å². The molecule has 162 valence electrons. The topological polar surface area (TPSA) is 52.6 Å². The Morgan fingerprint density at radius 1 is 0.679 bits per heavy atom. The molecule has 28 heavy (non-hydrogen) atoms. The number of carbonyl (C=O) groups is 2. The predicted molar refractivity (Wildman–Crippen MR) is 118 cm³/mol. The molecule has 6 heteroatoms. The van der Waals surface area contributed by atoms with Gasteiger partial charge in [-0.1, -0.05) is 87.8 Å². The molecule has 0 unspecified atom stereocenters. The first-order chi connectivity index (χ1) is 13.3. The first-order valence-corrected chi connectivity index (χ1v) is 13.2. The molecule has 4 nitrogen and oxygen atoms in total. The lowest BCUT2D eigenvalue weighted by atomic mass is 9.88. The van der Waals surface area contributed by atoms with Crippen molar-refractivity contribution in [1.29, 1.82) is 0 Å². The predicted octanol–water partition coefficient (Wildman–Crippen LogP) is 6.17. The summed E-state index contributed by atoms with van der Waals surface area (Å²) >= 11 is 0. The second-order valence-electron chi connectivity index (χ2n) is 9.26. The smallest absolute Gasteiger partial charge is 0.323 e. The van der Waals surface area contributed by atoms with E-state index in [9.17, 15) is 9.59 Å². The van der Waals surface area contributed by atoms with E-state index in [1.54, 1.807) is 21.6 Å². The van der Waals surface area contributed by atoms with Gasteiger partial charge in [0.15, 0.2) is 0 Å². The van der Waals surface area contributed by atoms with Gasteiger partial charge in [-0.15, -0.1) is 0 Å². The van der Waals surface area contributed by atoms with E-state index in [4.69, 9.17) is 9.47 Å². The SMILES string of the molecule is CC(C)COC(=O)C1(SSC2(C(=O)OCC(C)C)CCCCC2)CCCCC1. The highest BCUT2D eigenvalue weighted by Crippen LogP contribution is 2.55. The lowest BCUT2D eigenvalue weighted by Crippen LogP contribution is -2.42. The van der Waals surface area contributed by atoms with Crippen LogP contribution < -0.4 is 0 Å². The van der Waals surface area contributed by atoms with Gasteiger partial charge in [0.05, 0.1) is 13.2 Å². The van der Waals surface area contributed by atoms with Gasteiger partial charge in [-0.25, -0.2) is 0 Å². The molecule has 0 aromatic heterocycles. The standard InChI is InChI=1S/C22H38O4S2/c1-17(2)15-25-19(23)21(11-7-5-8-12-21)27-28-22(13-9-6-10-14-22)20(24)26-16-18(3)4/h17-18H,5-16H2,1-4H3. The molecule has 0 aromatic carbocycles. The lowest BCUT2D eigenvalue weighted by Gasteiger charge is -2.39. The first kappa shape index (κ1) is 23.9. The third-order valence-corrected chi connectivity index (χ3v) is 9.56. The number of esters is 2. The third kappa shape index (κ3) is 6.58. The summed E-state index contributed by atoms with van der Waals surface area (Å²) in [5.41, 5.74) is 0. The first-order valence-electron chi connectivity index (χ1n) is 11.0. The quantitative estimate of drug-likeness (QED) is 0.322. The molecule has 0 aromatic rings. The average Bonchev–Trinajstić information content (AvgIpc) is 2.70. The normalized spacial score (nSPS) is 21.5. The zero-order valence-corrected chi connectivity index (χ0v) is 19.7. The summed E-state index contributed by atoms with van der Waals surface area (Å²) in [7, 11) is 3.23. The van der Waals surface area contributed by atoms with Gasteiger partial charge in [0, 0.05) is 0 Å². The van der Waals surface area contributed by atoms with E-state index >= 15 is 0 Å². The van der Waals surface area contributed by atoms with E-state index in [2.05, 4.69) is 27.7 Å². The fourth-order valence-electron chi connectivity index (χ4n) is 3.80. The van der Waals surface area contributed by atoms with Crippen molar-refractivity contribution in [3.8, 4) is 0 Å². The molecule has 0 bridgehead atoms. The third-order valence-electron chi connectivity index (χ3n) is 5.52. The molecule has 2 aliphatic carbocycles. The molecule has 0 amide bonds. The molecule has 2 fully saturated rings. The molecule has 0 radical (unpaired) electrons. The summed E-state index contributed by atoms with van der Waals surface area (Å²) in [6, 6.07) is 0. The zero-order chi connectivity index (χ0) is 20.6. The lowest BCUT2D eigenvalue weighted by molar-refractivity contribution is -0.149. The van der Waals surface area contributed by atoms with E-state index in [1.165, 1.54) is 12.8 Å². The van der Waals surface area contributed by atoms with Crippen LogP contribution in [0.4, 0.5) is 0 Å². The van der Waals surface area contributed by atoms with Crippen molar-refractivity contribution < 1.29 is 19.1 Å². The molecule has 0 aliphatic heterocycles. The van der Waals surface area contributed by atoms with Crippen molar-refractivity contribution in [2.45, 2.75) is 101 Å². The number of ether oxygens (including phenoxy) is 2. The molecule has 0 N–H and O–H groups in total. The van der Waals surface area contributed by atoms with E-state index in [1.807, 2.05) is 0 Å². The van der Waals surface area contributed by atoms with Gasteiger partial charge in [0.25, 0.3) is 0 Å². The molecule has 2 aliphatic rings. The van der Waals surface area contributed by atoms with Gasteiger partial charge in [-0.05, 0) is 37.5 Å². The maximum absolute atomic E-state index is 13.0. The van der Waals surface area contributed by atoms with Crippen LogP contribution in [0.5, 0.6) is 0 Å². The van der Waals surface area contributed by atoms with Crippen molar-refractivity contribution in [1.82, 2.24) is 0 Å². The summed E-state index contributed by atoms with van der Waals surface area (Å²) in [6.45, 7) is 9.17.